The van der Waals surface area contributed by atoms with Crippen molar-refractivity contribution in [3.63, 3.8) is 0 Å². The number of fused-ring (bicyclic) bond motifs is 1. The fourth-order valence-corrected chi connectivity index (χ4v) is 4.39. The van der Waals surface area contributed by atoms with Crippen LogP contribution in [-0.2, 0) is 22.9 Å². The molecule has 1 atom stereocenters. The Morgan fingerprint density at radius 1 is 1.08 bits per heavy atom. The lowest BCUT2D eigenvalue weighted by Gasteiger charge is -2.16. The molecule has 2 aromatic rings. The van der Waals surface area contributed by atoms with Gasteiger partial charge in [-0.2, -0.15) is 0 Å². The zero-order valence-corrected chi connectivity index (χ0v) is 14.9. The molecule has 24 heavy (non-hydrogen) atoms. The molecule has 5 heteroatoms. The molecule has 2 aromatic carbocycles. The van der Waals surface area contributed by atoms with Crippen molar-refractivity contribution >= 4 is 10.0 Å². The molecular weight excluding hydrogens is 322 g/mol. The minimum absolute atomic E-state index is 0.307. The molecule has 0 heterocycles. The summed E-state index contributed by atoms with van der Waals surface area (Å²) in [5, 5.41) is 0. The molecule has 0 saturated heterocycles. The maximum atomic E-state index is 12.6. The van der Waals surface area contributed by atoms with Crippen molar-refractivity contribution in [1.82, 2.24) is 4.72 Å². The normalized spacial score (nSPS) is 15.1. The Balaban J connectivity index is 1.76. The van der Waals surface area contributed by atoms with Gasteiger partial charge in [-0.25, -0.2) is 13.1 Å². The predicted molar refractivity (Wildman–Crippen MR) is 94.8 cm³/mol. The van der Waals surface area contributed by atoms with E-state index in [1.54, 1.807) is 6.07 Å². The summed E-state index contributed by atoms with van der Waals surface area (Å²) in [6.07, 6.45) is 3.12. The van der Waals surface area contributed by atoms with Gasteiger partial charge in [0.05, 0.1) is 11.5 Å². The van der Waals surface area contributed by atoms with Crippen molar-refractivity contribution in [2.45, 2.75) is 44.0 Å². The van der Waals surface area contributed by atoms with Crippen LogP contribution in [0.5, 0.6) is 5.75 Å². The maximum Gasteiger partial charge on any atom is 0.241 e. The molecule has 1 unspecified atom stereocenters. The number of rotatable bonds is 6. The van der Waals surface area contributed by atoms with E-state index in [9.17, 15) is 8.42 Å². The van der Waals surface area contributed by atoms with Crippen LogP contribution in [0.15, 0.2) is 47.4 Å². The Kier molecular flexibility index (Phi) is 4.92. The van der Waals surface area contributed by atoms with Gasteiger partial charge in [-0.3, -0.25) is 0 Å². The monoisotopic (exact) mass is 345 g/mol. The van der Waals surface area contributed by atoms with E-state index in [4.69, 9.17) is 4.74 Å². The Labute approximate surface area is 143 Å². The summed E-state index contributed by atoms with van der Waals surface area (Å²) in [7, 11) is -3.53. The standard InChI is InChI=1S/C19H23NO3S/c1-3-23-18-10-7-15(8-11-18)14(2)20-24(21,22)19-12-9-16-5-4-6-17(16)13-19/h7-14,20H,3-6H2,1-2H3. The molecule has 0 bridgehead atoms. The SMILES string of the molecule is CCOc1ccc(C(C)NS(=O)(=O)c2ccc3c(c2)CCC3)cc1. The van der Waals surface area contributed by atoms with Crippen LogP contribution in [0.2, 0.25) is 0 Å². The van der Waals surface area contributed by atoms with Gasteiger partial charge in [0.15, 0.2) is 0 Å². The number of hydrogen-bond acceptors (Lipinski definition) is 3. The van der Waals surface area contributed by atoms with Crippen LogP contribution in [0.3, 0.4) is 0 Å². The second-order valence-corrected chi connectivity index (χ2v) is 7.84. The van der Waals surface area contributed by atoms with E-state index in [1.807, 2.05) is 50.2 Å². The van der Waals surface area contributed by atoms with Crippen molar-refractivity contribution in [2.75, 3.05) is 6.61 Å². The number of hydrogen-bond donors (Lipinski definition) is 1. The molecule has 0 amide bonds. The highest BCUT2D eigenvalue weighted by Crippen LogP contribution is 2.26. The van der Waals surface area contributed by atoms with E-state index >= 15 is 0 Å². The quantitative estimate of drug-likeness (QED) is 0.870. The van der Waals surface area contributed by atoms with E-state index in [2.05, 4.69) is 4.72 Å². The maximum absolute atomic E-state index is 12.6. The first kappa shape index (κ1) is 17.0. The van der Waals surface area contributed by atoms with Gasteiger partial charge < -0.3 is 4.74 Å². The van der Waals surface area contributed by atoms with E-state index in [0.29, 0.717) is 11.5 Å². The number of aryl methyl sites for hydroxylation is 2. The molecule has 0 spiro atoms. The van der Waals surface area contributed by atoms with Gasteiger partial charge in [0.25, 0.3) is 0 Å². The number of benzene rings is 2. The highest BCUT2D eigenvalue weighted by molar-refractivity contribution is 7.89. The lowest BCUT2D eigenvalue weighted by Crippen LogP contribution is -2.27. The Morgan fingerprint density at radius 2 is 1.79 bits per heavy atom. The second kappa shape index (κ2) is 6.95. The second-order valence-electron chi connectivity index (χ2n) is 6.13. The summed E-state index contributed by atoms with van der Waals surface area (Å²) in [6.45, 7) is 4.39. The molecule has 0 saturated carbocycles. The largest absolute Gasteiger partial charge is 0.494 e. The van der Waals surface area contributed by atoms with E-state index in [0.717, 1.165) is 36.1 Å². The molecule has 0 aliphatic heterocycles. The number of nitrogens with one attached hydrogen (secondary N) is 1. The fourth-order valence-electron chi connectivity index (χ4n) is 3.10. The molecule has 1 aliphatic rings. The first-order valence-electron chi connectivity index (χ1n) is 8.36. The smallest absolute Gasteiger partial charge is 0.241 e. The van der Waals surface area contributed by atoms with Crippen molar-refractivity contribution in [3.8, 4) is 5.75 Å². The predicted octanol–water partition coefficient (Wildman–Crippen LogP) is 3.61. The van der Waals surface area contributed by atoms with Crippen LogP contribution in [0, 0.1) is 0 Å². The highest BCUT2D eigenvalue weighted by Gasteiger charge is 2.21. The first-order chi connectivity index (χ1) is 11.5. The van der Waals surface area contributed by atoms with E-state index in [-0.39, 0.29) is 6.04 Å². The third kappa shape index (κ3) is 3.62. The zero-order chi connectivity index (χ0) is 17.2. The summed E-state index contributed by atoms with van der Waals surface area (Å²) in [6, 6.07) is 12.7. The van der Waals surface area contributed by atoms with Crippen LogP contribution in [0.1, 0.15) is 43.0 Å². The van der Waals surface area contributed by atoms with Crippen LogP contribution in [-0.4, -0.2) is 15.0 Å². The molecule has 0 aromatic heterocycles. The molecule has 0 fully saturated rings. The third-order valence-corrected chi connectivity index (χ3v) is 5.94. The van der Waals surface area contributed by atoms with Gasteiger partial charge in [0, 0.05) is 6.04 Å². The van der Waals surface area contributed by atoms with Gasteiger partial charge in [0.2, 0.25) is 10.0 Å². The average Bonchev–Trinajstić information content (AvgIpc) is 3.03. The van der Waals surface area contributed by atoms with Gasteiger partial charge in [-0.15, -0.1) is 0 Å². The molecule has 128 valence electrons. The summed E-state index contributed by atoms with van der Waals surface area (Å²) in [4.78, 5) is 0.348. The molecule has 0 radical (unpaired) electrons. The highest BCUT2D eigenvalue weighted by atomic mass is 32.2. The first-order valence-corrected chi connectivity index (χ1v) is 9.85. The van der Waals surface area contributed by atoms with Gasteiger partial charge in [-0.1, -0.05) is 18.2 Å². The minimum atomic E-state index is -3.53. The summed E-state index contributed by atoms with van der Waals surface area (Å²) < 4.78 is 33.5. The van der Waals surface area contributed by atoms with Gasteiger partial charge in [-0.05, 0) is 74.1 Å². The molecule has 4 nitrogen and oxygen atoms in total. The van der Waals surface area contributed by atoms with E-state index in [1.165, 1.54) is 5.56 Å². The number of ether oxygens (including phenoxy) is 1. The van der Waals surface area contributed by atoms with Crippen LogP contribution in [0.25, 0.3) is 0 Å². The van der Waals surface area contributed by atoms with Crippen molar-refractivity contribution in [2.24, 2.45) is 0 Å². The Morgan fingerprint density at radius 3 is 2.50 bits per heavy atom. The summed E-state index contributed by atoms with van der Waals surface area (Å²) >= 11 is 0. The minimum Gasteiger partial charge on any atom is -0.494 e. The fraction of sp³-hybridized carbons (Fsp3) is 0.368. The van der Waals surface area contributed by atoms with Crippen molar-refractivity contribution in [3.05, 3.63) is 59.2 Å². The zero-order valence-electron chi connectivity index (χ0n) is 14.1. The average molecular weight is 345 g/mol. The lowest BCUT2D eigenvalue weighted by molar-refractivity contribution is 0.340. The van der Waals surface area contributed by atoms with Crippen LogP contribution in [0.4, 0.5) is 0 Å². The van der Waals surface area contributed by atoms with Crippen LogP contribution < -0.4 is 9.46 Å². The molecule has 1 aliphatic carbocycles. The topological polar surface area (TPSA) is 55.4 Å². The lowest BCUT2D eigenvalue weighted by atomic mass is 10.1. The van der Waals surface area contributed by atoms with Crippen LogP contribution >= 0.6 is 0 Å². The van der Waals surface area contributed by atoms with Crippen molar-refractivity contribution in [1.29, 1.82) is 0 Å². The number of sulfonamides is 1. The van der Waals surface area contributed by atoms with Gasteiger partial charge in [0.1, 0.15) is 5.75 Å². The molecule has 1 N–H and O–H groups in total. The Bertz CT molecular complexity index is 813. The van der Waals surface area contributed by atoms with Crippen molar-refractivity contribution < 1.29 is 13.2 Å². The molecule has 3 rings (SSSR count). The Hall–Kier alpha value is -1.85. The summed E-state index contributed by atoms with van der Waals surface area (Å²) in [5.74, 6) is 0.787. The van der Waals surface area contributed by atoms with Gasteiger partial charge >= 0.3 is 0 Å². The molecular formula is C19H23NO3S. The summed E-state index contributed by atoms with van der Waals surface area (Å²) in [5.41, 5.74) is 3.34. The van der Waals surface area contributed by atoms with E-state index < -0.39 is 10.0 Å². The third-order valence-electron chi connectivity index (χ3n) is 4.40.